The minimum absolute atomic E-state index is 0. The Balaban J connectivity index is 0. The molecule has 0 radical (unpaired) electrons. The first kappa shape index (κ1) is 11.3. The number of alkyl halides is 1. The summed E-state index contributed by atoms with van der Waals surface area (Å²) < 4.78 is 0. The Hall–Kier alpha value is 0.430. The summed E-state index contributed by atoms with van der Waals surface area (Å²) in [6.45, 7) is 1.65. The lowest BCUT2D eigenvalue weighted by Crippen LogP contribution is -2.09. The first-order valence-corrected chi connectivity index (χ1v) is 3.09. The Morgan fingerprint density at radius 1 is 1.88 bits per heavy atom. The lowest BCUT2D eigenvalue weighted by Gasteiger charge is -1.95. The highest BCUT2D eigenvalue weighted by atomic mass is 79.9. The fourth-order valence-corrected chi connectivity index (χ4v) is 0.343. The van der Waals surface area contributed by atoms with Crippen molar-refractivity contribution in [3.63, 3.8) is 0 Å². The van der Waals surface area contributed by atoms with Crippen LogP contribution in [-0.2, 0) is 4.79 Å². The van der Waals surface area contributed by atoms with E-state index in [1.54, 1.807) is 6.92 Å². The second-order valence-electron chi connectivity index (χ2n) is 1.39. The van der Waals surface area contributed by atoms with Crippen molar-refractivity contribution in [3.05, 3.63) is 0 Å². The van der Waals surface area contributed by atoms with Gasteiger partial charge in [0.15, 0.2) is 0 Å². The summed E-state index contributed by atoms with van der Waals surface area (Å²) in [4.78, 5) is 9.90. The average molecular weight is 248 g/mol. The summed E-state index contributed by atoms with van der Waals surface area (Å²) in [6.07, 6.45) is 0. The first-order valence-electron chi connectivity index (χ1n) is 1.97. The van der Waals surface area contributed by atoms with Gasteiger partial charge >= 0.3 is 5.97 Å². The Morgan fingerprint density at radius 3 is 2.25 bits per heavy atom. The Labute approximate surface area is 67.2 Å². The van der Waals surface area contributed by atoms with Gasteiger partial charge in [-0.3, -0.25) is 4.79 Å². The van der Waals surface area contributed by atoms with Crippen LogP contribution in [0.3, 0.4) is 0 Å². The summed E-state index contributed by atoms with van der Waals surface area (Å²) >= 11 is 3.03. The second-order valence-corrected chi connectivity index (χ2v) is 2.04. The molecule has 50 valence electrons. The number of carbonyl (C=O) groups is 1. The SMILES string of the molecule is Br.CC(CBr)C(=O)O. The summed E-state index contributed by atoms with van der Waals surface area (Å²) in [6, 6.07) is 0. The van der Waals surface area contributed by atoms with Crippen LogP contribution in [-0.4, -0.2) is 16.4 Å². The maximum Gasteiger partial charge on any atom is 0.307 e. The maximum absolute atomic E-state index is 9.90. The molecule has 0 heterocycles. The molecule has 0 rings (SSSR count). The highest BCUT2D eigenvalue weighted by molar-refractivity contribution is 9.09. The highest BCUT2D eigenvalue weighted by Gasteiger charge is 2.06. The molecule has 0 amide bonds. The summed E-state index contributed by atoms with van der Waals surface area (Å²) in [5.41, 5.74) is 0. The van der Waals surface area contributed by atoms with Gasteiger partial charge in [0.25, 0.3) is 0 Å². The van der Waals surface area contributed by atoms with Gasteiger partial charge in [0, 0.05) is 5.33 Å². The summed E-state index contributed by atoms with van der Waals surface area (Å²) in [7, 11) is 0. The number of halogens is 2. The van der Waals surface area contributed by atoms with Crippen LogP contribution in [0.5, 0.6) is 0 Å². The van der Waals surface area contributed by atoms with Gasteiger partial charge in [-0.1, -0.05) is 22.9 Å². The molecule has 0 spiro atoms. The molecular formula is C4H8Br2O2. The van der Waals surface area contributed by atoms with Crippen LogP contribution < -0.4 is 0 Å². The van der Waals surface area contributed by atoms with Gasteiger partial charge < -0.3 is 5.11 Å². The molecule has 1 atom stereocenters. The maximum atomic E-state index is 9.90. The molecule has 0 aromatic rings. The number of carboxylic acids is 1. The molecule has 1 N–H and O–H groups in total. The number of hydrogen-bond acceptors (Lipinski definition) is 1. The highest BCUT2D eigenvalue weighted by Crippen LogP contribution is 1.97. The van der Waals surface area contributed by atoms with Crippen molar-refractivity contribution in [2.45, 2.75) is 6.92 Å². The number of aliphatic carboxylic acids is 1. The molecule has 1 unspecified atom stereocenters. The van der Waals surface area contributed by atoms with E-state index < -0.39 is 5.97 Å². The fourth-order valence-electron chi connectivity index (χ4n) is 0.0660. The van der Waals surface area contributed by atoms with Gasteiger partial charge in [-0.2, -0.15) is 0 Å². The lowest BCUT2D eigenvalue weighted by molar-refractivity contribution is -0.140. The van der Waals surface area contributed by atoms with Crippen LogP contribution in [0, 0.1) is 5.92 Å². The Morgan fingerprint density at radius 2 is 2.25 bits per heavy atom. The first-order chi connectivity index (χ1) is 3.18. The van der Waals surface area contributed by atoms with Gasteiger partial charge in [0.05, 0.1) is 5.92 Å². The lowest BCUT2D eigenvalue weighted by atomic mass is 10.2. The molecule has 0 fully saturated rings. The van der Waals surface area contributed by atoms with Crippen LogP contribution in [0.1, 0.15) is 6.92 Å². The standard InChI is InChI=1S/C4H7BrO2.BrH/c1-3(2-5)4(6)7;/h3H,2H2,1H3,(H,6,7);1H. The molecule has 0 aliphatic rings. The van der Waals surface area contributed by atoms with E-state index in [-0.39, 0.29) is 22.9 Å². The minimum Gasteiger partial charge on any atom is -0.481 e. The predicted octanol–water partition coefficient (Wildman–Crippen LogP) is 1.68. The van der Waals surface area contributed by atoms with Crippen molar-refractivity contribution < 1.29 is 9.90 Å². The summed E-state index contributed by atoms with van der Waals surface area (Å²) in [5, 5.41) is 8.68. The normalized spacial score (nSPS) is 11.8. The molecule has 0 bridgehead atoms. The van der Waals surface area contributed by atoms with E-state index in [1.807, 2.05) is 0 Å². The monoisotopic (exact) mass is 246 g/mol. The van der Waals surface area contributed by atoms with Crippen molar-refractivity contribution >= 4 is 38.9 Å². The molecular weight excluding hydrogens is 240 g/mol. The van der Waals surface area contributed by atoms with Crippen LogP contribution in [0.15, 0.2) is 0 Å². The average Bonchev–Trinajstić information content (AvgIpc) is 1.65. The topological polar surface area (TPSA) is 37.3 Å². The smallest absolute Gasteiger partial charge is 0.307 e. The van der Waals surface area contributed by atoms with Crippen molar-refractivity contribution in [1.29, 1.82) is 0 Å². The van der Waals surface area contributed by atoms with Crippen molar-refractivity contribution in [2.75, 3.05) is 5.33 Å². The molecule has 8 heavy (non-hydrogen) atoms. The number of hydrogen-bond donors (Lipinski definition) is 1. The molecule has 0 saturated heterocycles. The third kappa shape index (κ3) is 4.59. The van der Waals surface area contributed by atoms with Gasteiger partial charge in [-0.05, 0) is 0 Å². The minimum atomic E-state index is -0.753. The number of rotatable bonds is 2. The quantitative estimate of drug-likeness (QED) is 0.754. The predicted molar refractivity (Wildman–Crippen MR) is 40.9 cm³/mol. The van der Waals surface area contributed by atoms with Crippen LogP contribution in [0.2, 0.25) is 0 Å². The van der Waals surface area contributed by atoms with E-state index in [0.717, 1.165) is 0 Å². The Kier molecular flexibility index (Phi) is 7.83. The van der Waals surface area contributed by atoms with E-state index in [4.69, 9.17) is 5.11 Å². The molecule has 4 heteroatoms. The van der Waals surface area contributed by atoms with Gasteiger partial charge in [-0.25, -0.2) is 0 Å². The Bertz CT molecular complexity index is 74.4. The largest absolute Gasteiger partial charge is 0.481 e. The molecule has 0 saturated carbocycles. The van der Waals surface area contributed by atoms with E-state index in [0.29, 0.717) is 5.33 Å². The molecule has 2 nitrogen and oxygen atoms in total. The van der Waals surface area contributed by atoms with Crippen molar-refractivity contribution in [2.24, 2.45) is 5.92 Å². The van der Waals surface area contributed by atoms with Crippen LogP contribution in [0.25, 0.3) is 0 Å². The molecule has 0 aliphatic heterocycles. The molecule has 0 aromatic heterocycles. The molecule has 0 aliphatic carbocycles. The third-order valence-electron chi connectivity index (χ3n) is 0.653. The molecule has 0 aromatic carbocycles. The van der Waals surface area contributed by atoms with Gasteiger partial charge in [-0.15, -0.1) is 17.0 Å². The van der Waals surface area contributed by atoms with Crippen LogP contribution in [0.4, 0.5) is 0 Å². The van der Waals surface area contributed by atoms with E-state index in [9.17, 15) is 4.79 Å². The summed E-state index contributed by atoms with van der Waals surface area (Å²) in [5.74, 6) is -1.02. The zero-order valence-corrected chi connectivity index (χ0v) is 7.73. The van der Waals surface area contributed by atoms with E-state index in [2.05, 4.69) is 15.9 Å². The van der Waals surface area contributed by atoms with Crippen molar-refractivity contribution in [1.82, 2.24) is 0 Å². The second kappa shape index (κ2) is 5.56. The number of carboxylic acid groups (broad SMARTS) is 1. The van der Waals surface area contributed by atoms with Crippen LogP contribution >= 0.6 is 32.9 Å². The van der Waals surface area contributed by atoms with E-state index in [1.165, 1.54) is 0 Å². The van der Waals surface area contributed by atoms with E-state index >= 15 is 0 Å². The zero-order chi connectivity index (χ0) is 5.86. The van der Waals surface area contributed by atoms with Gasteiger partial charge in [0.1, 0.15) is 0 Å². The van der Waals surface area contributed by atoms with Crippen molar-refractivity contribution in [3.8, 4) is 0 Å². The fraction of sp³-hybridized carbons (Fsp3) is 0.750. The zero-order valence-electron chi connectivity index (χ0n) is 4.43. The third-order valence-corrected chi connectivity index (χ3v) is 1.62. The van der Waals surface area contributed by atoms with Gasteiger partial charge in [0.2, 0.25) is 0 Å².